The molecule has 4 rings (SSSR count). The van der Waals surface area contributed by atoms with Crippen LogP contribution in [0.3, 0.4) is 0 Å². The molecule has 134 valence electrons. The molecule has 0 saturated heterocycles. The Bertz CT molecular complexity index is 1160. The van der Waals surface area contributed by atoms with E-state index >= 15 is 0 Å². The molecule has 0 radical (unpaired) electrons. The fourth-order valence-corrected chi connectivity index (χ4v) is 2.89. The van der Waals surface area contributed by atoms with Crippen LogP contribution in [-0.4, -0.2) is 17.7 Å². The molecule has 27 heavy (non-hydrogen) atoms. The van der Waals surface area contributed by atoms with E-state index in [1.165, 1.54) is 24.3 Å². The third kappa shape index (κ3) is 3.53. The highest BCUT2D eigenvalue weighted by Gasteiger charge is 2.11. The van der Waals surface area contributed by atoms with E-state index in [1.807, 2.05) is 36.4 Å². The molecule has 1 N–H and O–H groups in total. The van der Waals surface area contributed by atoms with E-state index in [0.717, 1.165) is 27.5 Å². The molecule has 0 aliphatic rings. The van der Waals surface area contributed by atoms with Gasteiger partial charge in [0.15, 0.2) is 0 Å². The maximum atomic E-state index is 12.9. The second kappa shape index (κ2) is 6.96. The Balaban J connectivity index is 1.64. The molecule has 4 nitrogen and oxygen atoms in total. The monoisotopic (exact) mass is 362 g/mol. The number of carbonyl (C=O) groups is 1. The van der Waals surface area contributed by atoms with Gasteiger partial charge in [-0.15, -0.1) is 0 Å². The smallest absolute Gasteiger partial charge is 0.335 e. The van der Waals surface area contributed by atoms with E-state index < -0.39 is 5.97 Å². The second-order valence-corrected chi connectivity index (χ2v) is 6.07. The molecule has 0 spiro atoms. The van der Waals surface area contributed by atoms with Gasteiger partial charge in [0, 0.05) is 10.8 Å². The number of hydrogen-bond acceptors (Lipinski definition) is 3. The molecule has 4 aromatic rings. The van der Waals surface area contributed by atoms with Crippen molar-refractivity contribution in [2.45, 2.75) is 0 Å². The van der Waals surface area contributed by atoms with Crippen LogP contribution in [0.1, 0.15) is 5.56 Å². The number of benzene rings is 3. The van der Waals surface area contributed by atoms with Crippen LogP contribution in [-0.2, 0) is 4.79 Å². The topological polar surface area (TPSA) is 59.7 Å². The van der Waals surface area contributed by atoms with Crippen LogP contribution in [0, 0.1) is 5.82 Å². The summed E-state index contributed by atoms with van der Waals surface area (Å²) in [6.45, 7) is -0.134. The number of para-hydroxylation sites is 1. The van der Waals surface area contributed by atoms with Crippen LogP contribution < -0.4 is 4.74 Å². The first kappa shape index (κ1) is 16.8. The second-order valence-electron chi connectivity index (χ2n) is 6.07. The Morgan fingerprint density at radius 2 is 1.74 bits per heavy atom. The van der Waals surface area contributed by atoms with Gasteiger partial charge in [0.2, 0.25) is 0 Å². The number of furan rings is 1. The van der Waals surface area contributed by atoms with Crippen molar-refractivity contribution in [3.05, 3.63) is 83.7 Å². The van der Waals surface area contributed by atoms with Crippen LogP contribution >= 0.6 is 0 Å². The van der Waals surface area contributed by atoms with Crippen LogP contribution in [0.2, 0.25) is 0 Å². The van der Waals surface area contributed by atoms with E-state index in [-0.39, 0.29) is 18.0 Å². The molecule has 0 fully saturated rings. The minimum absolute atomic E-state index is 0.0893. The number of aliphatic carboxylic acids is 1. The molecular formula is C22H15FO4. The number of hydrogen-bond donors (Lipinski definition) is 1. The average molecular weight is 362 g/mol. The van der Waals surface area contributed by atoms with Crippen molar-refractivity contribution in [2.75, 3.05) is 6.61 Å². The summed E-state index contributed by atoms with van der Waals surface area (Å²) in [6, 6.07) is 18.6. The van der Waals surface area contributed by atoms with Gasteiger partial charge in [0.25, 0.3) is 0 Å². The van der Waals surface area contributed by atoms with Crippen molar-refractivity contribution in [1.82, 2.24) is 0 Å². The van der Waals surface area contributed by atoms with Gasteiger partial charge in [-0.25, -0.2) is 9.18 Å². The Labute approximate surface area is 154 Å². The number of rotatable bonds is 5. The van der Waals surface area contributed by atoms with E-state index in [2.05, 4.69) is 0 Å². The van der Waals surface area contributed by atoms with Gasteiger partial charge in [-0.3, -0.25) is 0 Å². The fraction of sp³-hybridized carbons (Fsp3) is 0.0455. The molecule has 0 amide bonds. The fourth-order valence-electron chi connectivity index (χ4n) is 2.89. The van der Waals surface area contributed by atoms with Gasteiger partial charge in [0.1, 0.15) is 29.3 Å². The maximum Gasteiger partial charge on any atom is 0.335 e. The highest BCUT2D eigenvalue weighted by atomic mass is 19.1. The van der Waals surface area contributed by atoms with E-state index in [4.69, 9.17) is 9.15 Å². The van der Waals surface area contributed by atoms with Gasteiger partial charge in [-0.1, -0.05) is 24.3 Å². The van der Waals surface area contributed by atoms with Gasteiger partial charge in [0.05, 0.1) is 5.57 Å². The van der Waals surface area contributed by atoms with E-state index in [0.29, 0.717) is 5.75 Å². The minimum Gasteiger partial charge on any atom is -0.489 e. The lowest BCUT2D eigenvalue weighted by Gasteiger charge is -2.07. The normalized spacial score (nSPS) is 11.8. The molecule has 0 unspecified atom stereocenters. The average Bonchev–Trinajstić information content (AvgIpc) is 3.04. The van der Waals surface area contributed by atoms with Crippen molar-refractivity contribution in [2.24, 2.45) is 0 Å². The number of halogens is 1. The summed E-state index contributed by atoms with van der Waals surface area (Å²) in [6.07, 6.45) is 1.56. The molecule has 3 aromatic carbocycles. The van der Waals surface area contributed by atoms with Crippen LogP contribution in [0.5, 0.6) is 5.75 Å². The summed E-state index contributed by atoms with van der Waals surface area (Å²) in [5, 5.41) is 11.4. The highest BCUT2D eigenvalue weighted by molar-refractivity contribution is 6.05. The Morgan fingerprint density at radius 1 is 1.00 bits per heavy atom. The number of fused-ring (bicyclic) bond motifs is 3. The van der Waals surface area contributed by atoms with Crippen molar-refractivity contribution >= 4 is 34.0 Å². The summed E-state index contributed by atoms with van der Waals surface area (Å²) in [5.74, 6) is -1.05. The largest absolute Gasteiger partial charge is 0.489 e. The molecule has 1 heterocycles. The predicted molar refractivity (Wildman–Crippen MR) is 101 cm³/mol. The zero-order valence-electron chi connectivity index (χ0n) is 14.2. The van der Waals surface area contributed by atoms with E-state index in [1.54, 1.807) is 12.1 Å². The Kier molecular flexibility index (Phi) is 4.34. The minimum atomic E-state index is -1.07. The highest BCUT2D eigenvalue weighted by Crippen LogP contribution is 2.29. The van der Waals surface area contributed by atoms with Gasteiger partial charge in [-0.2, -0.15) is 0 Å². The quantitative estimate of drug-likeness (QED) is 0.491. The van der Waals surface area contributed by atoms with Crippen LogP contribution in [0.15, 0.2) is 76.7 Å². The molecule has 0 saturated carbocycles. The lowest BCUT2D eigenvalue weighted by atomic mass is 10.1. The third-order valence-corrected chi connectivity index (χ3v) is 4.22. The van der Waals surface area contributed by atoms with Gasteiger partial charge < -0.3 is 14.3 Å². The number of carboxylic acids is 1. The standard InChI is InChI=1S/C22H15FO4/c23-16-6-8-17(9-7-16)26-13-15(22(24)25)11-14-5-10-21-19(12-14)18-3-1-2-4-20(18)27-21/h1-12H,13H2,(H,24,25)/b15-11+. The molecule has 0 bridgehead atoms. The first-order valence-electron chi connectivity index (χ1n) is 8.34. The number of carboxylic acid groups (broad SMARTS) is 1. The van der Waals surface area contributed by atoms with Gasteiger partial charge >= 0.3 is 5.97 Å². The summed E-state index contributed by atoms with van der Waals surface area (Å²) in [7, 11) is 0. The molecule has 1 aromatic heterocycles. The SMILES string of the molecule is O=C(O)/C(=C/c1ccc2oc3ccccc3c2c1)COc1ccc(F)cc1. The van der Waals surface area contributed by atoms with E-state index in [9.17, 15) is 14.3 Å². The van der Waals surface area contributed by atoms with Crippen molar-refractivity contribution in [3.63, 3.8) is 0 Å². The lowest BCUT2D eigenvalue weighted by molar-refractivity contribution is -0.132. The zero-order chi connectivity index (χ0) is 18.8. The molecule has 0 aliphatic carbocycles. The maximum absolute atomic E-state index is 12.9. The van der Waals surface area contributed by atoms with Crippen molar-refractivity contribution < 1.29 is 23.4 Å². The van der Waals surface area contributed by atoms with Crippen LogP contribution in [0.4, 0.5) is 4.39 Å². The van der Waals surface area contributed by atoms with Crippen LogP contribution in [0.25, 0.3) is 28.0 Å². The van der Waals surface area contributed by atoms with Crippen molar-refractivity contribution in [3.8, 4) is 5.75 Å². The molecule has 0 atom stereocenters. The summed E-state index contributed by atoms with van der Waals surface area (Å²) >= 11 is 0. The van der Waals surface area contributed by atoms with Crippen molar-refractivity contribution in [1.29, 1.82) is 0 Å². The molecule has 0 aliphatic heterocycles. The predicted octanol–water partition coefficient (Wildman–Crippen LogP) is 5.27. The third-order valence-electron chi connectivity index (χ3n) is 4.22. The molecular weight excluding hydrogens is 347 g/mol. The summed E-state index contributed by atoms with van der Waals surface area (Å²) in [5.41, 5.74) is 2.35. The Hall–Kier alpha value is -3.60. The first-order chi connectivity index (χ1) is 13.1. The first-order valence-corrected chi connectivity index (χ1v) is 8.34. The number of ether oxygens (including phenoxy) is 1. The molecule has 5 heteroatoms. The lowest BCUT2D eigenvalue weighted by Crippen LogP contribution is -2.10. The summed E-state index contributed by atoms with van der Waals surface area (Å²) in [4.78, 5) is 11.6. The van der Waals surface area contributed by atoms with Gasteiger partial charge in [-0.05, 0) is 54.1 Å². The zero-order valence-corrected chi connectivity index (χ0v) is 14.2. The summed E-state index contributed by atoms with van der Waals surface area (Å²) < 4.78 is 24.2. The Morgan fingerprint density at radius 3 is 2.52 bits per heavy atom.